The Hall–Kier alpha value is -2.77. The first kappa shape index (κ1) is 19.0. The Balaban J connectivity index is 1.90. The number of carbonyl (C=O) groups is 2. The van der Waals surface area contributed by atoms with Gasteiger partial charge in [0.2, 0.25) is 0 Å². The fraction of sp³-hybridized carbons (Fsp3) is 0.105. The molecule has 2 aromatic carbocycles. The molecule has 0 unspecified atom stereocenters. The molecule has 1 aliphatic rings. The molecule has 1 amide bonds. The van der Waals surface area contributed by atoms with Crippen molar-refractivity contribution < 1.29 is 19.8 Å². The monoisotopic (exact) mass is 402 g/mol. The summed E-state index contributed by atoms with van der Waals surface area (Å²) in [5.74, 6) is -1.20. The molecule has 3 rings (SSSR count). The van der Waals surface area contributed by atoms with E-state index in [-0.39, 0.29) is 22.2 Å². The fourth-order valence-corrected chi connectivity index (χ4v) is 3.67. The summed E-state index contributed by atoms with van der Waals surface area (Å²) in [5, 5.41) is 19.2. The van der Waals surface area contributed by atoms with Gasteiger partial charge in [-0.1, -0.05) is 17.7 Å². The molecule has 0 aliphatic carbocycles. The Morgan fingerprint density at radius 2 is 1.96 bits per heavy atom. The summed E-state index contributed by atoms with van der Waals surface area (Å²) in [4.78, 5) is 30.1. The average molecular weight is 403 g/mol. The van der Waals surface area contributed by atoms with Gasteiger partial charge in [0.1, 0.15) is 5.75 Å². The standard InChI is InChI=1S/C19H15ClN2O4S/c1-2-22-17(24)16(10-11-3-8-15(23)14(20)9-11)27-19(22)21-13-6-4-12(5-7-13)18(25)26/h3-10,23H,2H2,1H3,(H,25,26)/b16-10-,21-19?. The van der Waals surface area contributed by atoms with Gasteiger partial charge < -0.3 is 10.2 Å². The third-order valence-corrected chi connectivity index (χ3v) is 5.12. The molecule has 1 aliphatic heterocycles. The van der Waals surface area contributed by atoms with E-state index < -0.39 is 5.97 Å². The number of amides is 1. The minimum Gasteiger partial charge on any atom is -0.506 e. The summed E-state index contributed by atoms with van der Waals surface area (Å²) < 4.78 is 0. The van der Waals surface area contributed by atoms with Crippen LogP contribution < -0.4 is 0 Å². The number of halogens is 1. The van der Waals surface area contributed by atoms with Crippen molar-refractivity contribution in [1.29, 1.82) is 0 Å². The first-order valence-electron chi connectivity index (χ1n) is 8.01. The molecule has 1 heterocycles. The van der Waals surface area contributed by atoms with E-state index in [0.29, 0.717) is 27.9 Å². The van der Waals surface area contributed by atoms with Gasteiger partial charge in [0.15, 0.2) is 5.17 Å². The van der Waals surface area contributed by atoms with E-state index >= 15 is 0 Å². The largest absolute Gasteiger partial charge is 0.506 e. The molecule has 0 aromatic heterocycles. The smallest absolute Gasteiger partial charge is 0.335 e. The zero-order valence-corrected chi connectivity index (χ0v) is 15.8. The van der Waals surface area contributed by atoms with E-state index in [9.17, 15) is 14.7 Å². The summed E-state index contributed by atoms with van der Waals surface area (Å²) >= 11 is 7.14. The molecule has 8 heteroatoms. The number of nitrogens with zero attached hydrogens (tertiary/aromatic N) is 2. The summed E-state index contributed by atoms with van der Waals surface area (Å²) in [6.45, 7) is 2.30. The van der Waals surface area contributed by atoms with E-state index in [4.69, 9.17) is 16.7 Å². The predicted molar refractivity (Wildman–Crippen MR) is 107 cm³/mol. The van der Waals surface area contributed by atoms with E-state index in [2.05, 4.69) is 4.99 Å². The topological polar surface area (TPSA) is 90.2 Å². The lowest BCUT2D eigenvalue weighted by Crippen LogP contribution is -2.28. The van der Waals surface area contributed by atoms with Crippen molar-refractivity contribution in [2.24, 2.45) is 4.99 Å². The molecule has 1 saturated heterocycles. The number of hydrogen-bond acceptors (Lipinski definition) is 5. The maximum Gasteiger partial charge on any atom is 0.335 e. The third-order valence-electron chi connectivity index (χ3n) is 3.81. The van der Waals surface area contributed by atoms with Crippen LogP contribution in [0, 0.1) is 0 Å². The zero-order valence-electron chi connectivity index (χ0n) is 14.2. The lowest BCUT2D eigenvalue weighted by Gasteiger charge is -2.12. The molecule has 6 nitrogen and oxygen atoms in total. The zero-order chi connectivity index (χ0) is 19.6. The number of phenols is 1. The van der Waals surface area contributed by atoms with Crippen LogP contribution in [0.2, 0.25) is 5.02 Å². The van der Waals surface area contributed by atoms with Crippen LogP contribution in [0.25, 0.3) is 6.08 Å². The van der Waals surface area contributed by atoms with Gasteiger partial charge in [-0.15, -0.1) is 0 Å². The van der Waals surface area contributed by atoms with E-state index in [1.165, 1.54) is 30.0 Å². The van der Waals surface area contributed by atoms with Gasteiger partial charge in [-0.3, -0.25) is 9.69 Å². The van der Waals surface area contributed by atoms with Crippen molar-refractivity contribution in [2.75, 3.05) is 6.54 Å². The Morgan fingerprint density at radius 3 is 2.56 bits per heavy atom. The average Bonchev–Trinajstić information content (AvgIpc) is 2.93. The van der Waals surface area contributed by atoms with Crippen LogP contribution in [0.4, 0.5) is 5.69 Å². The number of likely N-dealkylation sites (N-methyl/N-ethyl adjacent to an activating group) is 1. The van der Waals surface area contributed by atoms with Crippen LogP contribution in [0.3, 0.4) is 0 Å². The summed E-state index contributed by atoms with van der Waals surface area (Å²) in [6.07, 6.45) is 1.69. The lowest BCUT2D eigenvalue weighted by atomic mass is 10.2. The number of hydrogen-bond donors (Lipinski definition) is 2. The summed E-state index contributed by atoms with van der Waals surface area (Å²) in [5.41, 5.74) is 1.42. The summed E-state index contributed by atoms with van der Waals surface area (Å²) in [7, 11) is 0. The van der Waals surface area contributed by atoms with Crippen molar-refractivity contribution in [3.8, 4) is 5.75 Å². The maximum atomic E-state index is 12.6. The first-order valence-corrected chi connectivity index (χ1v) is 9.20. The van der Waals surface area contributed by atoms with Gasteiger partial charge in [-0.25, -0.2) is 9.79 Å². The van der Waals surface area contributed by atoms with Crippen LogP contribution >= 0.6 is 23.4 Å². The van der Waals surface area contributed by atoms with Crippen molar-refractivity contribution in [3.05, 3.63) is 63.5 Å². The number of carboxylic acids is 1. The molecule has 0 bridgehead atoms. The molecule has 2 aromatic rings. The van der Waals surface area contributed by atoms with Crippen LogP contribution in [0.15, 0.2) is 52.4 Å². The van der Waals surface area contributed by atoms with Crippen molar-refractivity contribution in [1.82, 2.24) is 4.90 Å². The Bertz CT molecular complexity index is 970. The molecular weight excluding hydrogens is 388 g/mol. The number of thioether (sulfide) groups is 1. The van der Waals surface area contributed by atoms with Crippen molar-refractivity contribution >= 4 is 52.2 Å². The molecule has 138 valence electrons. The second kappa shape index (κ2) is 7.85. The predicted octanol–water partition coefficient (Wildman–Crippen LogP) is 4.37. The van der Waals surface area contributed by atoms with Crippen LogP contribution in [0.1, 0.15) is 22.8 Å². The Kier molecular flexibility index (Phi) is 5.53. The Labute approximate surface area is 164 Å². The van der Waals surface area contributed by atoms with Gasteiger partial charge in [0, 0.05) is 6.54 Å². The SMILES string of the molecule is CCN1C(=O)/C(=C/c2ccc(O)c(Cl)c2)SC1=Nc1ccc(C(=O)O)cc1. The van der Waals surface area contributed by atoms with E-state index in [1.54, 1.807) is 35.2 Å². The number of aromatic carboxylic acids is 1. The highest BCUT2D eigenvalue weighted by atomic mass is 35.5. The minimum atomic E-state index is -1.01. The van der Waals surface area contributed by atoms with Crippen molar-refractivity contribution in [2.45, 2.75) is 6.92 Å². The fourth-order valence-electron chi connectivity index (χ4n) is 2.42. The number of benzene rings is 2. The highest BCUT2D eigenvalue weighted by molar-refractivity contribution is 8.18. The number of phenolic OH excluding ortho intramolecular Hbond substituents is 1. The number of amidine groups is 1. The van der Waals surface area contributed by atoms with Gasteiger partial charge in [-0.05, 0) is 66.7 Å². The normalized spacial score (nSPS) is 17.1. The summed E-state index contributed by atoms with van der Waals surface area (Å²) in [6, 6.07) is 10.8. The van der Waals surface area contributed by atoms with Gasteiger partial charge in [0.25, 0.3) is 5.91 Å². The molecule has 1 fully saturated rings. The van der Waals surface area contributed by atoms with Crippen molar-refractivity contribution in [3.63, 3.8) is 0 Å². The van der Waals surface area contributed by atoms with Crippen LogP contribution in [0.5, 0.6) is 5.75 Å². The quantitative estimate of drug-likeness (QED) is 0.741. The minimum absolute atomic E-state index is 0.0218. The second-order valence-electron chi connectivity index (χ2n) is 5.62. The van der Waals surface area contributed by atoms with E-state index in [1.807, 2.05) is 6.92 Å². The molecular formula is C19H15ClN2O4S. The second-order valence-corrected chi connectivity index (χ2v) is 7.03. The molecule has 0 saturated carbocycles. The van der Waals surface area contributed by atoms with Crippen LogP contribution in [-0.2, 0) is 4.79 Å². The highest BCUT2D eigenvalue weighted by Crippen LogP contribution is 2.35. The molecule has 0 radical (unpaired) electrons. The first-order chi connectivity index (χ1) is 12.9. The number of carboxylic acid groups (broad SMARTS) is 1. The number of carbonyl (C=O) groups excluding carboxylic acids is 1. The third kappa shape index (κ3) is 4.15. The van der Waals surface area contributed by atoms with Gasteiger partial charge in [-0.2, -0.15) is 0 Å². The molecule has 2 N–H and O–H groups in total. The molecule has 0 atom stereocenters. The maximum absolute atomic E-state index is 12.6. The molecule has 0 spiro atoms. The number of rotatable bonds is 4. The van der Waals surface area contributed by atoms with Gasteiger partial charge in [0.05, 0.1) is 21.2 Å². The van der Waals surface area contributed by atoms with Crippen LogP contribution in [-0.4, -0.2) is 38.7 Å². The van der Waals surface area contributed by atoms with E-state index in [0.717, 1.165) is 0 Å². The lowest BCUT2D eigenvalue weighted by molar-refractivity contribution is -0.122. The van der Waals surface area contributed by atoms with Gasteiger partial charge >= 0.3 is 5.97 Å². The highest BCUT2D eigenvalue weighted by Gasteiger charge is 2.32. The number of aromatic hydroxyl groups is 1. The number of aliphatic imine (C=N–C) groups is 1. The Morgan fingerprint density at radius 1 is 1.26 bits per heavy atom. The molecule has 27 heavy (non-hydrogen) atoms.